The molecule has 2 aromatic carbocycles. The summed E-state index contributed by atoms with van der Waals surface area (Å²) in [5.74, 6) is 0.301. The van der Waals surface area contributed by atoms with E-state index in [0.29, 0.717) is 48.3 Å². The molecule has 27 heavy (non-hydrogen) atoms. The van der Waals surface area contributed by atoms with E-state index in [-0.39, 0.29) is 18.4 Å². The molecule has 0 unspecified atom stereocenters. The molecule has 0 aromatic heterocycles. The Labute approximate surface area is 163 Å². The van der Waals surface area contributed by atoms with Crippen LogP contribution in [0.3, 0.4) is 0 Å². The number of nitrogens with one attached hydrogen (secondary N) is 1. The van der Waals surface area contributed by atoms with E-state index in [0.717, 1.165) is 5.56 Å². The smallest absolute Gasteiger partial charge is 0.262 e. The van der Waals surface area contributed by atoms with Crippen molar-refractivity contribution in [1.82, 2.24) is 4.90 Å². The van der Waals surface area contributed by atoms with Crippen LogP contribution in [0.25, 0.3) is 0 Å². The number of carbonyl (C=O) groups excluding carboxylic acids is 2. The molecule has 0 atom stereocenters. The third-order valence-corrected chi connectivity index (χ3v) is 4.44. The maximum Gasteiger partial charge on any atom is 0.262 e. The van der Waals surface area contributed by atoms with Crippen LogP contribution in [0.2, 0.25) is 5.02 Å². The lowest BCUT2D eigenvalue weighted by molar-refractivity contribution is -0.118. The van der Waals surface area contributed by atoms with Gasteiger partial charge in [0.25, 0.3) is 11.8 Å². The predicted molar refractivity (Wildman–Crippen MR) is 103 cm³/mol. The fourth-order valence-corrected chi connectivity index (χ4v) is 2.99. The van der Waals surface area contributed by atoms with Crippen molar-refractivity contribution in [2.24, 2.45) is 0 Å². The molecule has 3 rings (SSSR count). The summed E-state index contributed by atoms with van der Waals surface area (Å²) in [7, 11) is 0. The molecule has 1 N–H and O–H groups in total. The first-order valence-electron chi connectivity index (χ1n) is 8.69. The zero-order chi connectivity index (χ0) is 19.2. The van der Waals surface area contributed by atoms with Crippen LogP contribution in [0.1, 0.15) is 15.9 Å². The number of halogens is 1. The number of hydrogen-bond donors (Lipinski definition) is 1. The van der Waals surface area contributed by atoms with Gasteiger partial charge in [-0.1, -0.05) is 11.6 Å². The van der Waals surface area contributed by atoms with Gasteiger partial charge in [-0.05, 0) is 55.0 Å². The number of morpholine rings is 1. The van der Waals surface area contributed by atoms with Gasteiger partial charge >= 0.3 is 0 Å². The van der Waals surface area contributed by atoms with Crippen LogP contribution in [0.4, 0.5) is 5.69 Å². The number of amides is 2. The summed E-state index contributed by atoms with van der Waals surface area (Å²) in [6.45, 7) is 4.07. The molecule has 0 radical (unpaired) electrons. The van der Waals surface area contributed by atoms with Gasteiger partial charge in [0.05, 0.1) is 13.2 Å². The zero-order valence-electron chi connectivity index (χ0n) is 15.0. The summed E-state index contributed by atoms with van der Waals surface area (Å²) in [6.07, 6.45) is 0. The molecule has 6 nitrogen and oxygen atoms in total. The average molecular weight is 389 g/mol. The normalized spacial score (nSPS) is 13.9. The average Bonchev–Trinajstić information content (AvgIpc) is 2.68. The van der Waals surface area contributed by atoms with Gasteiger partial charge in [-0.25, -0.2) is 0 Å². The minimum atomic E-state index is -0.281. The van der Waals surface area contributed by atoms with Crippen LogP contribution in [0.5, 0.6) is 5.75 Å². The predicted octanol–water partition coefficient (Wildman–Crippen LogP) is 3.14. The zero-order valence-corrected chi connectivity index (χ0v) is 15.8. The van der Waals surface area contributed by atoms with E-state index in [9.17, 15) is 9.59 Å². The van der Waals surface area contributed by atoms with Crippen molar-refractivity contribution in [3.63, 3.8) is 0 Å². The molecule has 1 saturated heterocycles. The highest BCUT2D eigenvalue weighted by molar-refractivity contribution is 6.30. The maximum absolute atomic E-state index is 12.4. The maximum atomic E-state index is 12.4. The topological polar surface area (TPSA) is 67.9 Å². The first-order chi connectivity index (χ1) is 13.0. The van der Waals surface area contributed by atoms with Gasteiger partial charge in [0.2, 0.25) is 0 Å². The minimum absolute atomic E-state index is 0.0299. The summed E-state index contributed by atoms with van der Waals surface area (Å²) >= 11 is 5.90. The third-order valence-electron chi connectivity index (χ3n) is 4.21. The van der Waals surface area contributed by atoms with Crippen LogP contribution in [-0.4, -0.2) is 49.6 Å². The highest BCUT2D eigenvalue weighted by Crippen LogP contribution is 2.21. The van der Waals surface area contributed by atoms with Gasteiger partial charge in [0.15, 0.2) is 6.61 Å². The SMILES string of the molecule is Cc1cc(Cl)ccc1OCC(=O)Nc1ccc(C(=O)N2CCOCC2)cc1. The molecule has 0 saturated carbocycles. The number of ether oxygens (including phenoxy) is 2. The Kier molecular flexibility index (Phi) is 6.32. The highest BCUT2D eigenvalue weighted by atomic mass is 35.5. The molecule has 0 spiro atoms. The molecule has 2 amide bonds. The van der Waals surface area contributed by atoms with Gasteiger partial charge in [0.1, 0.15) is 5.75 Å². The number of rotatable bonds is 5. The summed E-state index contributed by atoms with van der Waals surface area (Å²) in [5, 5.41) is 3.38. The van der Waals surface area contributed by atoms with Crippen LogP contribution >= 0.6 is 11.6 Å². The van der Waals surface area contributed by atoms with E-state index in [1.807, 2.05) is 6.92 Å². The van der Waals surface area contributed by atoms with Gasteiger partial charge in [-0.15, -0.1) is 0 Å². The van der Waals surface area contributed by atoms with Crippen molar-refractivity contribution in [2.75, 3.05) is 38.2 Å². The second kappa shape index (κ2) is 8.88. The summed E-state index contributed by atoms with van der Waals surface area (Å²) in [5.41, 5.74) is 2.05. The first kappa shape index (κ1) is 19.2. The Morgan fingerprint density at radius 3 is 2.52 bits per heavy atom. The monoisotopic (exact) mass is 388 g/mol. The van der Waals surface area contributed by atoms with Crippen molar-refractivity contribution in [3.05, 3.63) is 58.6 Å². The Morgan fingerprint density at radius 2 is 1.85 bits per heavy atom. The van der Waals surface area contributed by atoms with Crippen molar-refractivity contribution in [3.8, 4) is 5.75 Å². The molecule has 2 aromatic rings. The largest absolute Gasteiger partial charge is 0.483 e. The van der Waals surface area contributed by atoms with Crippen molar-refractivity contribution in [2.45, 2.75) is 6.92 Å². The Hall–Kier alpha value is -2.57. The Bertz CT molecular complexity index is 817. The molecule has 142 valence electrons. The summed E-state index contributed by atoms with van der Waals surface area (Å²) < 4.78 is 10.8. The molecule has 1 heterocycles. The molecule has 1 aliphatic rings. The number of anilines is 1. The van der Waals surface area contributed by atoms with Crippen molar-refractivity contribution >= 4 is 29.1 Å². The van der Waals surface area contributed by atoms with E-state index < -0.39 is 0 Å². The minimum Gasteiger partial charge on any atom is -0.483 e. The fourth-order valence-electron chi connectivity index (χ4n) is 2.76. The molecule has 1 aliphatic heterocycles. The van der Waals surface area contributed by atoms with Gasteiger partial charge in [0, 0.05) is 29.4 Å². The Morgan fingerprint density at radius 1 is 1.15 bits per heavy atom. The molecular weight excluding hydrogens is 368 g/mol. The standard InChI is InChI=1S/C20H21ClN2O4/c1-14-12-16(21)4-7-18(14)27-13-19(24)22-17-5-2-15(3-6-17)20(25)23-8-10-26-11-9-23/h2-7,12H,8-11,13H2,1H3,(H,22,24). The lowest BCUT2D eigenvalue weighted by Gasteiger charge is -2.26. The lowest BCUT2D eigenvalue weighted by Crippen LogP contribution is -2.40. The molecule has 0 aliphatic carbocycles. The van der Waals surface area contributed by atoms with E-state index in [2.05, 4.69) is 5.32 Å². The molecule has 1 fully saturated rings. The van der Waals surface area contributed by atoms with Crippen LogP contribution in [-0.2, 0) is 9.53 Å². The summed E-state index contributed by atoms with van der Waals surface area (Å²) in [4.78, 5) is 26.2. The van der Waals surface area contributed by atoms with Crippen molar-refractivity contribution in [1.29, 1.82) is 0 Å². The number of benzene rings is 2. The fraction of sp³-hybridized carbons (Fsp3) is 0.300. The van der Waals surface area contributed by atoms with Crippen LogP contribution < -0.4 is 10.1 Å². The van der Waals surface area contributed by atoms with Gasteiger partial charge in [-0.3, -0.25) is 9.59 Å². The molecular formula is C20H21ClN2O4. The second-order valence-corrected chi connectivity index (χ2v) is 6.67. The van der Waals surface area contributed by atoms with Crippen LogP contribution in [0.15, 0.2) is 42.5 Å². The Balaban J connectivity index is 1.52. The number of hydrogen-bond acceptors (Lipinski definition) is 4. The number of nitrogens with zero attached hydrogens (tertiary/aromatic N) is 1. The number of carbonyl (C=O) groups is 2. The molecule has 7 heteroatoms. The highest BCUT2D eigenvalue weighted by Gasteiger charge is 2.18. The van der Waals surface area contributed by atoms with E-state index in [1.165, 1.54) is 0 Å². The number of aryl methyl sites for hydroxylation is 1. The van der Waals surface area contributed by atoms with E-state index in [4.69, 9.17) is 21.1 Å². The van der Waals surface area contributed by atoms with E-state index >= 15 is 0 Å². The lowest BCUT2D eigenvalue weighted by atomic mass is 10.1. The summed E-state index contributed by atoms with van der Waals surface area (Å²) in [6, 6.07) is 12.1. The quantitative estimate of drug-likeness (QED) is 0.854. The van der Waals surface area contributed by atoms with Crippen molar-refractivity contribution < 1.29 is 19.1 Å². The third kappa shape index (κ3) is 5.21. The van der Waals surface area contributed by atoms with E-state index in [1.54, 1.807) is 47.4 Å². The second-order valence-electron chi connectivity index (χ2n) is 6.23. The van der Waals surface area contributed by atoms with Gasteiger partial charge in [-0.2, -0.15) is 0 Å². The first-order valence-corrected chi connectivity index (χ1v) is 9.06. The molecule has 0 bridgehead atoms. The van der Waals surface area contributed by atoms with Gasteiger partial charge < -0.3 is 19.7 Å². The van der Waals surface area contributed by atoms with Crippen LogP contribution in [0, 0.1) is 6.92 Å².